The summed E-state index contributed by atoms with van der Waals surface area (Å²) in [4.78, 5) is 25.6. The van der Waals surface area contributed by atoms with Crippen LogP contribution >= 0.6 is 11.6 Å². The smallest absolute Gasteiger partial charge is 0.327 e. The van der Waals surface area contributed by atoms with Gasteiger partial charge in [-0.2, -0.15) is 0 Å². The van der Waals surface area contributed by atoms with Crippen molar-refractivity contribution in [2.24, 2.45) is 0 Å². The second-order valence-corrected chi connectivity index (χ2v) is 4.59. The molecule has 0 unspecified atom stereocenters. The fourth-order valence-corrected chi connectivity index (χ4v) is 2.13. The highest BCUT2D eigenvalue weighted by molar-refractivity contribution is 6.31. The number of imide groups is 1. The van der Waals surface area contributed by atoms with Crippen LogP contribution in [0.15, 0.2) is 24.3 Å². The maximum atomic E-state index is 11.7. The molecule has 1 saturated heterocycles. The van der Waals surface area contributed by atoms with Crippen LogP contribution in [0.4, 0.5) is 4.79 Å². The highest BCUT2D eigenvalue weighted by Gasteiger charge is 2.35. The van der Waals surface area contributed by atoms with E-state index in [9.17, 15) is 14.7 Å². The lowest BCUT2D eigenvalue weighted by atomic mass is 10.1. The van der Waals surface area contributed by atoms with E-state index in [2.05, 4.69) is 0 Å². The van der Waals surface area contributed by atoms with Crippen LogP contribution in [0.2, 0.25) is 5.02 Å². The van der Waals surface area contributed by atoms with E-state index < -0.39 is 12.1 Å². The topological polar surface area (TPSA) is 60.9 Å². The van der Waals surface area contributed by atoms with Gasteiger partial charge >= 0.3 is 6.03 Å². The Kier molecular flexibility index (Phi) is 3.54. The lowest BCUT2D eigenvalue weighted by Crippen LogP contribution is -2.35. The predicted molar refractivity (Wildman–Crippen MR) is 66.2 cm³/mol. The van der Waals surface area contributed by atoms with E-state index in [0.29, 0.717) is 10.6 Å². The third-order valence-corrected chi connectivity index (χ3v) is 3.19. The van der Waals surface area contributed by atoms with Gasteiger partial charge in [0.25, 0.3) is 0 Å². The molecule has 5 nitrogen and oxygen atoms in total. The Morgan fingerprint density at radius 2 is 2.06 bits per heavy atom. The van der Waals surface area contributed by atoms with Crippen molar-refractivity contribution < 1.29 is 14.7 Å². The molecular weight excluding hydrogens is 256 g/mol. The van der Waals surface area contributed by atoms with Crippen molar-refractivity contribution in [2.75, 3.05) is 20.1 Å². The number of hydrogen-bond acceptors (Lipinski definition) is 3. The molecule has 0 bridgehead atoms. The maximum absolute atomic E-state index is 11.7. The molecule has 0 radical (unpaired) electrons. The molecule has 2 rings (SSSR count). The van der Waals surface area contributed by atoms with Gasteiger partial charge in [-0.3, -0.25) is 9.69 Å². The molecule has 1 fully saturated rings. The van der Waals surface area contributed by atoms with Crippen LogP contribution in [-0.2, 0) is 4.79 Å². The van der Waals surface area contributed by atoms with Crippen LogP contribution < -0.4 is 0 Å². The molecule has 1 aromatic rings. The SMILES string of the molecule is CN1CC(=O)N(C[C@H](O)c2ccccc2Cl)C1=O. The molecule has 1 aliphatic rings. The zero-order valence-electron chi connectivity index (χ0n) is 9.84. The monoisotopic (exact) mass is 268 g/mol. The quantitative estimate of drug-likeness (QED) is 0.840. The summed E-state index contributed by atoms with van der Waals surface area (Å²) in [5.74, 6) is -0.311. The normalized spacial score (nSPS) is 17.5. The van der Waals surface area contributed by atoms with Crippen LogP contribution in [0.5, 0.6) is 0 Å². The number of benzene rings is 1. The number of aliphatic hydroxyl groups is 1. The van der Waals surface area contributed by atoms with Gasteiger partial charge in [0.1, 0.15) is 6.54 Å². The van der Waals surface area contributed by atoms with Crippen molar-refractivity contribution >= 4 is 23.5 Å². The minimum atomic E-state index is -0.974. The Hall–Kier alpha value is -1.59. The number of carbonyl (C=O) groups is 2. The van der Waals surface area contributed by atoms with Gasteiger partial charge in [0, 0.05) is 17.6 Å². The number of β-amino-alcohol motifs (C(OH)–C–C–N with tert-alkyl or cyclic N) is 1. The summed E-state index contributed by atoms with van der Waals surface area (Å²) in [6, 6.07) is 6.41. The highest BCUT2D eigenvalue weighted by atomic mass is 35.5. The Bertz CT molecular complexity index is 492. The van der Waals surface area contributed by atoms with Gasteiger partial charge in [0.15, 0.2) is 0 Å². The van der Waals surface area contributed by atoms with Crippen molar-refractivity contribution in [1.82, 2.24) is 9.80 Å². The number of urea groups is 1. The van der Waals surface area contributed by atoms with Crippen LogP contribution in [-0.4, -0.2) is 47.0 Å². The molecule has 0 aromatic heterocycles. The number of nitrogens with zero attached hydrogens (tertiary/aromatic N) is 2. The van der Waals surface area contributed by atoms with E-state index in [4.69, 9.17) is 11.6 Å². The molecule has 1 N–H and O–H groups in total. The van der Waals surface area contributed by atoms with Gasteiger partial charge in [-0.15, -0.1) is 0 Å². The molecule has 0 spiro atoms. The van der Waals surface area contributed by atoms with Gasteiger partial charge in [-0.05, 0) is 6.07 Å². The van der Waals surface area contributed by atoms with Gasteiger partial charge in [0.05, 0.1) is 12.6 Å². The minimum Gasteiger partial charge on any atom is -0.386 e. The van der Waals surface area contributed by atoms with Crippen molar-refractivity contribution in [1.29, 1.82) is 0 Å². The Morgan fingerprint density at radius 3 is 2.61 bits per heavy atom. The van der Waals surface area contributed by atoms with Crippen LogP contribution in [0.25, 0.3) is 0 Å². The lowest BCUT2D eigenvalue weighted by Gasteiger charge is -2.19. The summed E-state index contributed by atoms with van der Waals surface area (Å²) in [6.45, 7) is -0.0280. The molecule has 6 heteroatoms. The zero-order chi connectivity index (χ0) is 13.3. The molecule has 1 heterocycles. The summed E-state index contributed by atoms with van der Waals surface area (Å²) >= 11 is 5.95. The number of halogens is 1. The molecule has 3 amide bonds. The predicted octanol–water partition coefficient (Wildman–Crippen LogP) is 1.27. The molecule has 1 aliphatic heterocycles. The van der Waals surface area contributed by atoms with E-state index in [1.54, 1.807) is 31.3 Å². The summed E-state index contributed by atoms with van der Waals surface area (Å²) in [5.41, 5.74) is 0.509. The van der Waals surface area contributed by atoms with Crippen LogP contribution in [0.1, 0.15) is 11.7 Å². The molecular formula is C12H13ClN2O3. The first-order chi connectivity index (χ1) is 8.50. The lowest BCUT2D eigenvalue weighted by molar-refractivity contribution is -0.126. The number of likely N-dealkylation sites (N-methyl/N-ethyl adjacent to an activating group) is 1. The third kappa shape index (κ3) is 2.32. The van der Waals surface area contributed by atoms with E-state index >= 15 is 0 Å². The molecule has 1 atom stereocenters. The Labute approximate surface area is 110 Å². The summed E-state index contributed by atoms with van der Waals surface area (Å²) in [5, 5.41) is 10.4. The van der Waals surface area contributed by atoms with Gasteiger partial charge in [0.2, 0.25) is 5.91 Å². The van der Waals surface area contributed by atoms with Gasteiger partial charge < -0.3 is 10.0 Å². The van der Waals surface area contributed by atoms with Crippen molar-refractivity contribution in [2.45, 2.75) is 6.10 Å². The summed E-state index contributed by atoms with van der Waals surface area (Å²) in [7, 11) is 1.54. The average Bonchev–Trinajstić information content (AvgIpc) is 2.56. The standard InChI is InChI=1S/C12H13ClN2O3/c1-14-7-11(17)15(12(14)18)6-10(16)8-4-2-3-5-9(8)13/h2-5,10,16H,6-7H2,1H3/t10-/m0/s1. The molecule has 1 aromatic carbocycles. The minimum absolute atomic E-state index is 0.0497. The van der Waals surface area contributed by atoms with Crippen LogP contribution in [0, 0.1) is 0 Å². The summed E-state index contributed by atoms with van der Waals surface area (Å²) < 4.78 is 0. The first-order valence-corrected chi connectivity index (χ1v) is 5.86. The molecule has 96 valence electrons. The van der Waals surface area contributed by atoms with Crippen molar-refractivity contribution in [3.8, 4) is 0 Å². The maximum Gasteiger partial charge on any atom is 0.327 e. The Balaban J connectivity index is 2.13. The zero-order valence-corrected chi connectivity index (χ0v) is 10.6. The number of amides is 3. The number of rotatable bonds is 3. The van der Waals surface area contributed by atoms with E-state index in [1.807, 2.05) is 0 Å². The van der Waals surface area contributed by atoms with Crippen LogP contribution in [0.3, 0.4) is 0 Å². The second-order valence-electron chi connectivity index (χ2n) is 4.18. The van der Waals surface area contributed by atoms with Gasteiger partial charge in [-0.1, -0.05) is 29.8 Å². The van der Waals surface area contributed by atoms with Gasteiger partial charge in [-0.25, -0.2) is 4.79 Å². The second kappa shape index (κ2) is 4.96. The molecule has 18 heavy (non-hydrogen) atoms. The fourth-order valence-electron chi connectivity index (χ4n) is 1.87. The third-order valence-electron chi connectivity index (χ3n) is 2.85. The first kappa shape index (κ1) is 12.9. The van der Waals surface area contributed by atoms with Crippen molar-refractivity contribution in [3.05, 3.63) is 34.9 Å². The number of carbonyl (C=O) groups excluding carboxylic acids is 2. The number of aliphatic hydroxyl groups excluding tert-OH is 1. The first-order valence-electron chi connectivity index (χ1n) is 5.48. The van der Waals surface area contributed by atoms with Crippen molar-refractivity contribution in [3.63, 3.8) is 0 Å². The van der Waals surface area contributed by atoms with E-state index in [-0.39, 0.29) is 19.0 Å². The fraction of sp³-hybridized carbons (Fsp3) is 0.333. The largest absolute Gasteiger partial charge is 0.386 e. The Morgan fingerprint density at radius 1 is 1.39 bits per heavy atom. The van der Waals surface area contributed by atoms with E-state index in [1.165, 1.54) is 4.90 Å². The summed E-state index contributed by atoms with van der Waals surface area (Å²) in [6.07, 6.45) is -0.974. The highest BCUT2D eigenvalue weighted by Crippen LogP contribution is 2.24. The average molecular weight is 269 g/mol. The molecule has 0 aliphatic carbocycles. The number of hydrogen-bond donors (Lipinski definition) is 1. The molecule has 0 saturated carbocycles. The van der Waals surface area contributed by atoms with E-state index in [0.717, 1.165) is 4.90 Å².